The van der Waals surface area contributed by atoms with Crippen molar-refractivity contribution in [1.82, 2.24) is 9.78 Å². The molecule has 0 saturated heterocycles. The maximum atomic E-state index is 13.0. The third-order valence-electron chi connectivity index (χ3n) is 2.49. The number of hydrogen-bond acceptors (Lipinski definition) is 4. The van der Waals surface area contributed by atoms with Crippen LogP contribution in [0.25, 0.3) is 0 Å². The Hall–Kier alpha value is -3.03. The summed E-state index contributed by atoms with van der Waals surface area (Å²) < 4.78 is 13.7. The van der Waals surface area contributed by atoms with Crippen LogP contribution in [0.1, 0.15) is 10.5 Å². The van der Waals surface area contributed by atoms with Crippen molar-refractivity contribution >= 4 is 17.6 Å². The lowest BCUT2D eigenvalue weighted by molar-refractivity contribution is -0.117. The van der Waals surface area contributed by atoms with Crippen LogP contribution >= 0.6 is 0 Å². The lowest BCUT2D eigenvalue weighted by Gasteiger charge is -2.07. The first-order valence-corrected chi connectivity index (χ1v) is 5.82. The number of carbonyl (C=O) groups excluding carboxylic acids is 1. The summed E-state index contributed by atoms with van der Waals surface area (Å²) in [5.74, 6) is -2.46. The number of anilines is 1. The van der Waals surface area contributed by atoms with E-state index in [1.54, 1.807) is 0 Å². The molecule has 2 aromatic rings. The van der Waals surface area contributed by atoms with Gasteiger partial charge in [-0.1, -0.05) is 6.07 Å². The molecular formula is C13H10FN3O4. The van der Waals surface area contributed by atoms with Crippen molar-refractivity contribution in [2.45, 2.75) is 6.54 Å². The first-order valence-electron chi connectivity index (χ1n) is 5.82. The average Bonchev–Trinajstić information content (AvgIpc) is 2.41. The third-order valence-corrected chi connectivity index (χ3v) is 2.49. The maximum absolute atomic E-state index is 13.0. The Kier molecular flexibility index (Phi) is 4.07. The fourth-order valence-corrected chi connectivity index (χ4v) is 1.58. The van der Waals surface area contributed by atoms with Gasteiger partial charge in [0.15, 0.2) is 5.69 Å². The van der Waals surface area contributed by atoms with Gasteiger partial charge in [0.25, 0.3) is 5.56 Å². The van der Waals surface area contributed by atoms with Crippen LogP contribution in [-0.4, -0.2) is 26.8 Å². The number of aromatic carboxylic acids is 1. The molecule has 0 aliphatic rings. The molecule has 1 heterocycles. The molecule has 0 saturated carbocycles. The van der Waals surface area contributed by atoms with Gasteiger partial charge < -0.3 is 10.4 Å². The predicted molar refractivity (Wildman–Crippen MR) is 70.5 cm³/mol. The largest absolute Gasteiger partial charge is 0.476 e. The molecule has 1 aromatic carbocycles. The smallest absolute Gasteiger partial charge is 0.356 e. The van der Waals surface area contributed by atoms with E-state index < -0.39 is 29.8 Å². The number of rotatable bonds is 4. The molecular weight excluding hydrogens is 281 g/mol. The van der Waals surface area contributed by atoms with Crippen LogP contribution in [0.5, 0.6) is 0 Å². The van der Waals surface area contributed by atoms with E-state index in [2.05, 4.69) is 10.4 Å². The van der Waals surface area contributed by atoms with Crippen molar-refractivity contribution in [1.29, 1.82) is 0 Å². The second kappa shape index (κ2) is 5.95. The molecule has 7 nitrogen and oxygen atoms in total. The zero-order chi connectivity index (χ0) is 15.4. The molecule has 0 atom stereocenters. The summed E-state index contributed by atoms with van der Waals surface area (Å²) in [7, 11) is 0. The zero-order valence-corrected chi connectivity index (χ0v) is 10.6. The molecule has 0 aliphatic heterocycles. The summed E-state index contributed by atoms with van der Waals surface area (Å²) >= 11 is 0. The fourth-order valence-electron chi connectivity index (χ4n) is 1.58. The minimum Gasteiger partial charge on any atom is -0.476 e. The molecule has 21 heavy (non-hydrogen) atoms. The number of halogens is 1. The van der Waals surface area contributed by atoms with Crippen LogP contribution in [0.15, 0.2) is 41.2 Å². The van der Waals surface area contributed by atoms with Crippen LogP contribution in [0.3, 0.4) is 0 Å². The summed E-state index contributed by atoms with van der Waals surface area (Å²) in [6.45, 7) is -0.476. The third kappa shape index (κ3) is 3.72. The molecule has 2 N–H and O–H groups in total. The second-order valence-electron chi connectivity index (χ2n) is 4.08. The summed E-state index contributed by atoms with van der Waals surface area (Å²) in [4.78, 5) is 34.0. The Morgan fingerprint density at radius 2 is 2.05 bits per heavy atom. The van der Waals surface area contributed by atoms with Gasteiger partial charge in [-0.25, -0.2) is 13.9 Å². The van der Waals surface area contributed by atoms with Crippen molar-refractivity contribution in [3.05, 3.63) is 58.3 Å². The van der Waals surface area contributed by atoms with Crippen LogP contribution < -0.4 is 10.9 Å². The number of hydrogen-bond donors (Lipinski definition) is 2. The molecule has 0 aliphatic carbocycles. The van der Waals surface area contributed by atoms with Crippen LogP contribution in [0, 0.1) is 5.82 Å². The molecule has 2 rings (SSSR count). The van der Waals surface area contributed by atoms with Crippen molar-refractivity contribution in [3.63, 3.8) is 0 Å². The number of carboxylic acid groups (broad SMARTS) is 1. The Morgan fingerprint density at radius 3 is 2.71 bits per heavy atom. The van der Waals surface area contributed by atoms with E-state index in [0.29, 0.717) is 0 Å². The standard InChI is InChI=1S/C13H10FN3O4/c14-8-2-1-3-9(6-8)15-11(18)7-17-12(19)5-4-10(16-17)13(20)21/h1-6H,7H2,(H,15,18)(H,20,21). The number of nitrogens with zero attached hydrogens (tertiary/aromatic N) is 2. The monoisotopic (exact) mass is 291 g/mol. The predicted octanol–water partition coefficient (Wildman–Crippen LogP) is 0.719. The Balaban J connectivity index is 2.14. The van der Waals surface area contributed by atoms with E-state index in [1.165, 1.54) is 18.2 Å². The molecule has 1 amide bonds. The van der Waals surface area contributed by atoms with Crippen LogP contribution in [0.4, 0.5) is 10.1 Å². The average molecular weight is 291 g/mol. The van der Waals surface area contributed by atoms with E-state index >= 15 is 0 Å². The Bertz CT molecular complexity index is 757. The van der Waals surface area contributed by atoms with E-state index in [0.717, 1.165) is 22.9 Å². The van der Waals surface area contributed by atoms with Gasteiger partial charge in [-0.2, -0.15) is 5.10 Å². The van der Waals surface area contributed by atoms with Crippen LogP contribution in [0.2, 0.25) is 0 Å². The molecule has 108 valence electrons. The number of carboxylic acids is 1. The number of benzene rings is 1. The van der Waals surface area contributed by atoms with E-state index in [4.69, 9.17) is 5.11 Å². The molecule has 0 bridgehead atoms. The maximum Gasteiger partial charge on any atom is 0.356 e. The number of carbonyl (C=O) groups is 2. The van der Waals surface area contributed by atoms with Gasteiger partial charge in [-0.15, -0.1) is 0 Å². The molecule has 8 heteroatoms. The van der Waals surface area contributed by atoms with Gasteiger partial charge in [0, 0.05) is 11.8 Å². The SMILES string of the molecule is O=C(Cn1nc(C(=O)O)ccc1=O)Nc1cccc(F)c1. The van der Waals surface area contributed by atoms with Gasteiger partial charge >= 0.3 is 5.97 Å². The zero-order valence-electron chi connectivity index (χ0n) is 10.6. The van der Waals surface area contributed by atoms with Crippen molar-refractivity contribution in [2.75, 3.05) is 5.32 Å². The van der Waals surface area contributed by atoms with Gasteiger partial charge in [0.1, 0.15) is 12.4 Å². The van der Waals surface area contributed by atoms with Crippen molar-refractivity contribution in [2.24, 2.45) is 0 Å². The lowest BCUT2D eigenvalue weighted by atomic mass is 10.3. The molecule has 0 radical (unpaired) electrons. The van der Waals surface area contributed by atoms with Gasteiger partial charge in [-0.3, -0.25) is 9.59 Å². The van der Waals surface area contributed by atoms with E-state index in [9.17, 15) is 18.8 Å². The van der Waals surface area contributed by atoms with E-state index in [-0.39, 0.29) is 11.4 Å². The van der Waals surface area contributed by atoms with Crippen molar-refractivity contribution < 1.29 is 19.1 Å². The van der Waals surface area contributed by atoms with Gasteiger partial charge in [-0.05, 0) is 24.3 Å². The summed E-state index contributed by atoms with van der Waals surface area (Å²) in [6, 6.07) is 7.28. The van der Waals surface area contributed by atoms with Gasteiger partial charge in [0.05, 0.1) is 0 Å². The molecule has 1 aromatic heterocycles. The number of nitrogens with one attached hydrogen (secondary N) is 1. The number of amides is 1. The normalized spacial score (nSPS) is 10.1. The highest BCUT2D eigenvalue weighted by Gasteiger charge is 2.10. The van der Waals surface area contributed by atoms with Gasteiger partial charge in [0.2, 0.25) is 5.91 Å². The topological polar surface area (TPSA) is 101 Å². The first-order chi connectivity index (χ1) is 9.95. The molecule has 0 unspecified atom stereocenters. The summed E-state index contributed by atoms with van der Waals surface area (Å²) in [5.41, 5.74) is -0.745. The highest BCUT2D eigenvalue weighted by molar-refractivity contribution is 5.90. The summed E-state index contributed by atoms with van der Waals surface area (Å²) in [5, 5.41) is 14.7. The first kappa shape index (κ1) is 14.4. The fraction of sp³-hybridized carbons (Fsp3) is 0.0769. The Labute approximate surface area is 117 Å². The minimum atomic E-state index is -1.31. The minimum absolute atomic E-state index is 0.224. The van der Waals surface area contributed by atoms with Crippen LogP contribution in [-0.2, 0) is 11.3 Å². The summed E-state index contributed by atoms with van der Waals surface area (Å²) in [6.07, 6.45) is 0. The van der Waals surface area contributed by atoms with E-state index in [1.807, 2.05) is 0 Å². The highest BCUT2D eigenvalue weighted by Crippen LogP contribution is 2.08. The molecule has 0 fully saturated rings. The highest BCUT2D eigenvalue weighted by atomic mass is 19.1. The quantitative estimate of drug-likeness (QED) is 0.864. The Morgan fingerprint density at radius 1 is 1.29 bits per heavy atom. The molecule has 0 spiro atoms. The number of aromatic nitrogens is 2. The lowest BCUT2D eigenvalue weighted by Crippen LogP contribution is -2.30. The van der Waals surface area contributed by atoms with Crippen molar-refractivity contribution in [3.8, 4) is 0 Å². The second-order valence-corrected chi connectivity index (χ2v) is 4.08.